The van der Waals surface area contributed by atoms with Gasteiger partial charge >= 0.3 is 18.2 Å². The molecule has 0 bridgehead atoms. The number of alkyl halides is 3. The molecule has 0 fully saturated rings. The minimum absolute atomic E-state index is 0.225. The second kappa shape index (κ2) is 4.65. The highest BCUT2D eigenvalue weighted by Crippen LogP contribution is 2.17. The molecule has 1 rings (SSSR count). The van der Waals surface area contributed by atoms with E-state index in [0.29, 0.717) is 0 Å². The van der Waals surface area contributed by atoms with E-state index in [1.54, 1.807) is 18.2 Å². The summed E-state index contributed by atoms with van der Waals surface area (Å²) in [6.45, 7) is 0. The number of esters is 1. The lowest BCUT2D eigenvalue weighted by Crippen LogP contribution is -2.30. The number of hydrogen-bond acceptors (Lipinski definition) is 3. The third-order valence-electron chi connectivity index (χ3n) is 1.44. The Morgan fingerprint density at radius 2 is 1.69 bits per heavy atom. The van der Waals surface area contributed by atoms with Crippen molar-refractivity contribution >= 4 is 17.7 Å². The van der Waals surface area contributed by atoms with Crippen molar-refractivity contribution < 1.29 is 27.5 Å². The average Bonchev–Trinajstić information content (AvgIpc) is 2.17. The molecule has 1 N–H and O–H groups in total. The Morgan fingerprint density at radius 3 is 2.19 bits per heavy atom. The summed E-state index contributed by atoms with van der Waals surface area (Å²) in [7, 11) is 0. The standard InChI is InChI=1S/C9H6F3NO3/c10-9(11,12)7(14)16-8(15)13-6-4-2-1-3-5-6/h1-5H,(H,13,15). The van der Waals surface area contributed by atoms with E-state index in [9.17, 15) is 22.8 Å². The number of carbonyl (C=O) groups excluding carboxylic acids is 2. The van der Waals surface area contributed by atoms with Gasteiger partial charge in [0.15, 0.2) is 0 Å². The summed E-state index contributed by atoms with van der Waals surface area (Å²) in [5.41, 5.74) is 0.225. The van der Waals surface area contributed by atoms with E-state index < -0.39 is 18.2 Å². The molecule has 86 valence electrons. The molecule has 0 aliphatic carbocycles. The van der Waals surface area contributed by atoms with E-state index in [1.807, 2.05) is 5.32 Å². The third kappa shape index (κ3) is 3.60. The van der Waals surface area contributed by atoms with Crippen molar-refractivity contribution in [3.63, 3.8) is 0 Å². The molecule has 4 nitrogen and oxygen atoms in total. The summed E-state index contributed by atoms with van der Waals surface area (Å²) in [4.78, 5) is 21.1. The zero-order valence-electron chi connectivity index (χ0n) is 7.75. The first-order chi connectivity index (χ1) is 7.39. The number of carbonyl (C=O) groups is 2. The molecule has 1 aromatic carbocycles. The fraction of sp³-hybridized carbons (Fsp3) is 0.111. The van der Waals surface area contributed by atoms with Crippen LogP contribution >= 0.6 is 0 Å². The van der Waals surface area contributed by atoms with Crippen molar-refractivity contribution in [1.82, 2.24) is 0 Å². The predicted octanol–water partition coefficient (Wildman–Crippen LogP) is 2.32. The van der Waals surface area contributed by atoms with Gasteiger partial charge in [-0.3, -0.25) is 5.32 Å². The molecule has 0 saturated carbocycles. The van der Waals surface area contributed by atoms with Gasteiger partial charge in [0, 0.05) is 5.69 Å². The van der Waals surface area contributed by atoms with Crippen LogP contribution in [0.5, 0.6) is 0 Å². The number of benzene rings is 1. The minimum Gasteiger partial charge on any atom is -0.369 e. The molecule has 0 unspecified atom stereocenters. The predicted molar refractivity (Wildman–Crippen MR) is 47.6 cm³/mol. The molecule has 16 heavy (non-hydrogen) atoms. The van der Waals surface area contributed by atoms with Crippen LogP contribution in [0.4, 0.5) is 23.7 Å². The Morgan fingerprint density at radius 1 is 1.12 bits per heavy atom. The molecule has 0 aliphatic rings. The van der Waals surface area contributed by atoms with Crippen LogP contribution in [-0.2, 0) is 9.53 Å². The Bertz CT molecular complexity index is 389. The zero-order chi connectivity index (χ0) is 12.2. The number of nitrogens with one attached hydrogen (secondary N) is 1. The first-order valence-corrected chi connectivity index (χ1v) is 4.04. The number of anilines is 1. The molecule has 1 amide bonds. The van der Waals surface area contributed by atoms with Crippen LogP contribution in [0.25, 0.3) is 0 Å². The molecule has 0 heterocycles. The Kier molecular flexibility index (Phi) is 3.49. The van der Waals surface area contributed by atoms with E-state index >= 15 is 0 Å². The molecule has 0 atom stereocenters. The fourth-order valence-electron chi connectivity index (χ4n) is 0.807. The summed E-state index contributed by atoms with van der Waals surface area (Å²) >= 11 is 0. The maximum Gasteiger partial charge on any atom is 0.491 e. The minimum atomic E-state index is -5.19. The van der Waals surface area contributed by atoms with Crippen LogP contribution in [0.15, 0.2) is 30.3 Å². The van der Waals surface area contributed by atoms with E-state index in [2.05, 4.69) is 4.74 Å². The van der Waals surface area contributed by atoms with E-state index in [4.69, 9.17) is 0 Å². The quantitative estimate of drug-likeness (QED) is 0.598. The summed E-state index contributed by atoms with van der Waals surface area (Å²) in [6.07, 6.45) is -6.66. The van der Waals surface area contributed by atoms with Gasteiger partial charge in [-0.05, 0) is 12.1 Å². The van der Waals surface area contributed by atoms with Gasteiger partial charge in [0.25, 0.3) is 0 Å². The highest BCUT2D eigenvalue weighted by Gasteiger charge is 2.42. The number of amides is 1. The lowest BCUT2D eigenvalue weighted by atomic mass is 10.3. The Hall–Kier alpha value is -2.05. The lowest BCUT2D eigenvalue weighted by Gasteiger charge is -2.06. The van der Waals surface area contributed by atoms with Gasteiger partial charge in [0.05, 0.1) is 0 Å². The van der Waals surface area contributed by atoms with Crippen molar-refractivity contribution in [2.75, 3.05) is 5.32 Å². The highest BCUT2D eigenvalue weighted by atomic mass is 19.4. The second-order valence-corrected chi connectivity index (χ2v) is 2.67. The normalized spacial score (nSPS) is 10.7. The summed E-state index contributed by atoms with van der Waals surface area (Å²) in [5.74, 6) is -2.55. The molecule has 0 radical (unpaired) electrons. The van der Waals surface area contributed by atoms with Gasteiger partial charge in [0.1, 0.15) is 0 Å². The molecular formula is C9H6F3NO3. The second-order valence-electron chi connectivity index (χ2n) is 2.67. The van der Waals surface area contributed by atoms with Gasteiger partial charge < -0.3 is 4.74 Å². The monoisotopic (exact) mass is 233 g/mol. The smallest absolute Gasteiger partial charge is 0.369 e. The molecular weight excluding hydrogens is 227 g/mol. The third-order valence-corrected chi connectivity index (χ3v) is 1.44. The molecule has 0 aromatic heterocycles. The average molecular weight is 233 g/mol. The number of rotatable bonds is 1. The number of ether oxygens (including phenoxy) is 1. The molecule has 1 aromatic rings. The van der Waals surface area contributed by atoms with Crippen LogP contribution in [0.3, 0.4) is 0 Å². The van der Waals surface area contributed by atoms with Crippen LogP contribution in [-0.4, -0.2) is 18.2 Å². The van der Waals surface area contributed by atoms with Crippen molar-refractivity contribution in [2.45, 2.75) is 6.18 Å². The fourth-order valence-corrected chi connectivity index (χ4v) is 0.807. The number of halogens is 3. The van der Waals surface area contributed by atoms with Crippen molar-refractivity contribution in [3.05, 3.63) is 30.3 Å². The Balaban J connectivity index is 2.52. The number of para-hydroxylation sites is 1. The SMILES string of the molecule is O=C(Nc1ccccc1)OC(=O)C(F)(F)F. The van der Waals surface area contributed by atoms with Gasteiger partial charge in [-0.2, -0.15) is 13.2 Å². The first-order valence-electron chi connectivity index (χ1n) is 4.04. The lowest BCUT2D eigenvalue weighted by molar-refractivity contribution is -0.192. The van der Waals surface area contributed by atoms with E-state index in [1.165, 1.54) is 12.1 Å². The van der Waals surface area contributed by atoms with Crippen LogP contribution in [0.1, 0.15) is 0 Å². The largest absolute Gasteiger partial charge is 0.491 e. The van der Waals surface area contributed by atoms with Crippen LogP contribution in [0.2, 0.25) is 0 Å². The van der Waals surface area contributed by atoms with Crippen molar-refractivity contribution in [3.8, 4) is 0 Å². The first kappa shape index (κ1) is 12.0. The molecule has 7 heteroatoms. The highest BCUT2D eigenvalue weighted by molar-refractivity contribution is 5.94. The summed E-state index contributed by atoms with van der Waals surface area (Å²) in [6, 6.07) is 7.62. The summed E-state index contributed by atoms with van der Waals surface area (Å²) in [5, 5.41) is 1.96. The van der Waals surface area contributed by atoms with Gasteiger partial charge in [0.2, 0.25) is 0 Å². The van der Waals surface area contributed by atoms with Crippen LogP contribution in [0, 0.1) is 0 Å². The van der Waals surface area contributed by atoms with Crippen LogP contribution < -0.4 is 5.32 Å². The maximum atomic E-state index is 11.7. The molecule has 0 aliphatic heterocycles. The molecule has 0 spiro atoms. The van der Waals surface area contributed by atoms with E-state index in [-0.39, 0.29) is 5.69 Å². The van der Waals surface area contributed by atoms with E-state index in [0.717, 1.165) is 0 Å². The van der Waals surface area contributed by atoms with Crippen molar-refractivity contribution in [2.24, 2.45) is 0 Å². The topological polar surface area (TPSA) is 55.4 Å². The van der Waals surface area contributed by atoms with Gasteiger partial charge in [-0.15, -0.1) is 0 Å². The van der Waals surface area contributed by atoms with Gasteiger partial charge in [-0.1, -0.05) is 18.2 Å². The van der Waals surface area contributed by atoms with Crippen molar-refractivity contribution in [1.29, 1.82) is 0 Å². The maximum absolute atomic E-state index is 11.7. The summed E-state index contributed by atoms with van der Waals surface area (Å²) < 4.78 is 38.6. The number of hydrogen-bond donors (Lipinski definition) is 1. The molecule has 0 saturated heterocycles. The Labute approximate surface area is 88.0 Å². The zero-order valence-corrected chi connectivity index (χ0v) is 7.75. The van der Waals surface area contributed by atoms with Gasteiger partial charge in [-0.25, -0.2) is 9.59 Å².